The second-order valence-electron chi connectivity index (χ2n) is 4.73. The first-order chi connectivity index (χ1) is 11.1. The summed E-state index contributed by atoms with van der Waals surface area (Å²) in [4.78, 5) is 16.7. The van der Waals surface area contributed by atoms with Crippen LogP contribution >= 0.6 is 11.6 Å². The van der Waals surface area contributed by atoms with Crippen molar-refractivity contribution in [1.29, 1.82) is 0 Å². The molecule has 23 heavy (non-hydrogen) atoms. The van der Waals surface area contributed by atoms with E-state index in [-0.39, 0.29) is 6.61 Å². The lowest BCUT2D eigenvalue weighted by atomic mass is 10.1. The molecule has 0 saturated carbocycles. The number of halogens is 1. The second-order valence-corrected chi connectivity index (χ2v) is 5.17. The van der Waals surface area contributed by atoms with E-state index in [4.69, 9.17) is 16.4 Å². The summed E-state index contributed by atoms with van der Waals surface area (Å²) in [5.41, 5.74) is 3.08. The molecule has 2 aromatic carbocycles. The standard InChI is InChI=1S/C17H17ClN2O3/c1-12(13-7-9-15(18)10-8-13)20-23-11-14-5-3-4-6-16(14)19-17(21)22-2/h3-10H,11H2,1-2H3,(H,19,21). The first kappa shape index (κ1) is 16.8. The first-order valence-electron chi connectivity index (χ1n) is 6.95. The minimum absolute atomic E-state index is 0.227. The van der Waals surface area contributed by atoms with Crippen LogP contribution in [0.3, 0.4) is 0 Å². The van der Waals surface area contributed by atoms with Crippen LogP contribution in [0.1, 0.15) is 18.1 Å². The third kappa shape index (κ3) is 5.00. The van der Waals surface area contributed by atoms with Gasteiger partial charge in [-0.1, -0.05) is 47.1 Å². The van der Waals surface area contributed by atoms with Crippen molar-refractivity contribution >= 4 is 29.1 Å². The van der Waals surface area contributed by atoms with Crippen molar-refractivity contribution in [2.45, 2.75) is 13.5 Å². The molecule has 0 saturated heterocycles. The second kappa shape index (κ2) is 8.19. The zero-order chi connectivity index (χ0) is 16.7. The van der Waals surface area contributed by atoms with Crippen LogP contribution in [-0.4, -0.2) is 18.9 Å². The molecule has 0 aliphatic heterocycles. The van der Waals surface area contributed by atoms with Crippen molar-refractivity contribution < 1.29 is 14.4 Å². The van der Waals surface area contributed by atoms with Crippen LogP contribution in [0.2, 0.25) is 5.02 Å². The smallest absolute Gasteiger partial charge is 0.411 e. The summed E-state index contributed by atoms with van der Waals surface area (Å²) in [6, 6.07) is 14.6. The number of anilines is 1. The zero-order valence-electron chi connectivity index (χ0n) is 12.9. The van der Waals surface area contributed by atoms with Gasteiger partial charge in [0.05, 0.1) is 18.5 Å². The van der Waals surface area contributed by atoms with E-state index in [9.17, 15) is 4.79 Å². The molecule has 0 radical (unpaired) electrons. The SMILES string of the molecule is COC(=O)Nc1ccccc1CON=C(C)c1ccc(Cl)cc1. The third-order valence-electron chi connectivity index (χ3n) is 3.12. The quantitative estimate of drug-likeness (QED) is 0.649. The minimum atomic E-state index is -0.529. The maximum atomic E-state index is 11.3. The van der Waals surface area contributed by atoms with Crippen molar-refractivity contribution in [3.63, 3.8) is 0 Å². The predicted molar refractivity (Wildman–Crippen MR) is 90.9 cm³/mol. The molecular weight excluding hydrogens is 316 g/mol. The molecule has 120 valence electrons. The van der Waals surface area contributed by atoms with Gasteiger partial charge in [0.25, 0.3) is 0 Å². The largest absolute Gasteiger partial charge is 0.453 e. The maximum Gasteiger partial charge on any atom is 0.411 e. The van der Waals surface area contributed by atoms with Crippen LogP contribution in [0.4, 0.5) is 10.5 Å². The average Bonchev–Trinajstić information content (AvgIpc) is 2.56. The highest BCUT2D eigenvalue weighted by Gasteiger charge is 2.06. The highest BCUT2D eigenvalue weighted by atomic mass is 35.5. The number of carbonyl (C=O) groups excluding carboxylic acids is 1. The first-order valence-corrected chi connectivity index (χ1v) is 7.33. The van der Waals surface area contributed by atoms with E-state index in [1.54, 1.807) is 18.2 Å². The number of hydrogen-bond acceptors (Lipinski definition) is 4. The van der Waals surface area contributed by atoms with Crippen molar-refractivity contribution in [3.05, 3.63) is 64.7 Å². The number of oxime groups is 1. The highest BCUT2D eigenvalue weighted by molar-refractivity contribution is 6.30. The van der Waals surface area contributed by atoms with Crippen molar-refractivity contribution in [3.8, 4) is 0 Å². The van der Waals surface area contributed by atoms with Gasteiger partial charge in [-0.05, 0) is 30.7 Å². The molecule has 6 heteroatoms. The zero-order valence-corrected chi connectivity index (χ0v) is 13.6. The lowest BCUT2D eigenvalue weighted by Crippen LogP contribution is -2.12. The summed E-state index contributed by atoms with van der Waals surface area (Å²) in [6.45, 7) is 2.08. The van der Waals surface area contributed by atoms with Gasteiger partial charge in [-0.2, -0.15) is 0 Å². The maximum absolute atomic E-state index is 11.3. The molecule has 0 fully saturated rings. The van der Waals surface area contributed by atoms with E-state index in [1.165, 1.54) is 7.11 Å². The van der Waals surface area contributed by atoms with Gasteiger partial charge in [0.2, 0.25) is 0 Å². The van der Waals surface area contributed by atoms with Crippen molar-refractivity contribution in [1.82, 2.24) is 0 Å². The Labute approximate surface area is 139 Å². The van der Waals surface area contributed by atoms with E-state index in [2.05, 4.69) is 15.2 Å². The summed E-state index contributed by atoms with van der Waals surface area (Å²) < 4.78 is 4.59. The van der Waals surface area contributed by atoms with E-state index in [0.717, 1.165) is 16.8 Å². The Morgan fingerprint density at radius 2 is 1.87 bits per heavy atom. The topological polar surface area (TPSA) is 59.9 Å². The van der Waals surface area contributed by atoms with Crippen molar-refractivity contribution in [2.24, 2.45) is 5.16 Å². The molecule has 5 nitrogen and oxygen atoms in total. The lowest BCUT2D eigenvalue weighted by Gasteiger charge is -2.09. The van der Waals surface area contributed by atoms with Gasteiger partial charge in [0, 0.05) is 10.6 Å². The molecule has 0 atom stereocenters. The minimum Gasteiger partial charge on any atom is -0.453 e. The Morgan fingerprint density at radius 1 is 1.17 bits per heavy atom. The number of amides is 1. The lowest BCUT2D eigenvalue weighted by molar-refractivity contribution is 0.131. The van der Waals surface area contributed by atoms with Crippen LogP contribution in [0.25, 0.3) is 0 Å². The molecule has 2 rings (SSSR count). The van der Waals surface area contributed by atoms with E-state index in [0.29, 0.717) is 10.7 Å². The molecule has 0 heterocycles. The van der Waals surface area contributed by atoms with Crippen LogP contribution in [0.15, 0.2) is 53.7 Å². The van der Waals surface area contributed by atoms with Gasteiger partial charge in [-0.15, -0.1) is 0 Å². The fourth-order valence-electron chi connectivity index (χ4n) is 1.87. The van der Waals surface area contributed by atoms with Gasteiger partial charge in [-0.25, -0.2) is 4.79 Å². The Bertz CT molecular complexity index is 699. The number of carbonyl (C=O) groups is 1. The molecule has 1 amide bonds. The summed E-state index contributed by atoms with van der Waals surface area (Å²) >= 11 is 5.86. The summed E-state index contributed by atoms with van der Waals surface area (Å²) in [5.74, 6) is 0. The van der Waals surface area contributed by atoms with Gasteiger partial charge in [0.1, 0.15) is 6.61 Å². The monoisotopic (exact) mass is 332 g/mol. The predicted octanol–water partition coefficient (Wildman–Crippen LogP) is 4.46. The summed E-state index contributed by atoms with van der Waals surface area (Å²) in [5, 5.41) is 7.39. The summed E-state index contributed by atoms with van der Waals surface area (Å²) in [7, 11) is 1.31. The highest BCUT2D eigenvalue weighted by Crippen LogP contribution is 2.17. The third-order valence-corrected chi connectivity index (χ3v) is 3.37. The molecule has 0 aliphatic carbocycles. The number of nitrogens with zero attached hydrogens (tertiary/aromatic N) is 1. The van der Waals surface area contributed by atoms with Crippen LogP contribution in [-0.2, 0) is 16.2 Å². The molecule has 0 aromatic heterocycles. The van der Waals surface area contributed by atoms with Crippen molar-refractivity contribution in [2.75, 3.05) is 12.4 Å². The summed E-state index contributed by atoms with van der Waals surface area (Å²) in [6.07, 6.45) is -0.529. The van der Waals surface area contributed by atoms with Crippen LogP contribution < -0.4 is 5.32 Å². The number of hydrogen-bond donors (Lipinski definition) is 1. The molecule has 0 unspecified atom stereocenters. The fraction of sp³-hybridized carbons (Fsp3) is 0.176. The number of ether oxygens (including phenoxy) is 1. The number of methoxy groups -OCH3 is 1. The van der Waals surface area contributed by atoms with Crippen LogP contribution in [0, 0.1) is 0 Å². The van der Waals surface area contributed by atoms with Gasteiger partial charge < -0.3 is 9.57 Å². The Kier molecular flexibility index (Phi) is 6.00. The molecule has 0 aliphatic rings. The van der Waals surface area contributed by atoms with E-state index in [1.807, 2.05) is 37.3 Å². The number of rotatable bonds is 5. The molecule has 0 bridgehead atoms. The van der Waals surface area contributed by atoms with Gasteiger partial charge in [0.15, 0.2) is 0 Å². The van der Waals surface area contributed by atoms with Crippen LogP contribution in [0.5, 0.6) is 0 Å². The van der Waals surface area contributed by atoms with Gasteiger partial charge in [-0.3, -0.25) is 5.32 Å². The fourth-order valence-corrected chi connectivity index (χ4v) is 2.00. The Morgan fingerprint density at radius 3 is 2.57 bits per heavy atom. The number of para-hydroxylation sites is 1. The number of benzene rings is 2. The molecule has 2 aromatic rings. The van der Waals surface area contributed by atoms with Gasteiger partial charge >= 0.3 is 6.09 Å². The average molecular weight is 333 g/mol. The van der Waals surface area contributed by atoms with E-state index < -0.39 is 6.09 Å². The number of nitrogens with one attached hydrogen (secondary N) is 1. The Balaban J connectivity index is 2.02. The normalized spacial score (nSPS) is 11.0. The Hall–Kier alpha value is -2.53. The van der Waals surface area contributed by atoms with E-state index >= 15 is 0 Å². The molecular formula is C17H17ClN2O3. The molecule has 1 N–H and O–H groups in total. The molecule has 0 spiro atoms.